The first-order chi connectivity index (χ1) is 15.5. The molecule has 0 saturated carbocycles. The van der Waals surface area contributed by atoms with Gasteiger partial charge in [-0.25, -0.2) is 9.59 Å². The molecule has 5 aromatic carbocycles. The highest BCUT2D eigenvalue weighted by Crippen LogP contribution is 2.40. The van der Waals surface area contributed by atoms with Crippen LogP contribution in [0.25, 0.3) is 43.8 Å². The summed E-state index contributed by atoms with van der Waals surface area (Å²) in [6, 6.07) is 30.5. The van der Waals surface area contributed by atoms with E-state index in [9.17, 15) is 19.8 Å². The molecule has 5 aromatic rings. The third-order valence-electron chi connectivity index (χ3n) is 5.78. The molecular weight excluding hydrogens is 400 g/mol. The summed E-state index contributed by atoms with van der Waals surface area (Å²) in [6.07, 6.45) is 0. The van der Waals surface area contributed by atoms with Crippen LogP contribution in [0, 0.1) is 0 Å². The van der Waals surface area contributed by atoms with Gasteiger partial charge in [0.25, 0.3) is 0 Å². The van der Waals surface area contributed by atoms with Crippen molar-refractivity contribution in [3.05, 3.63) is 108 Å². The Balaban J connectivity index is 1.94. The lowest BCUT2D eigenvalue weighted by atomic mass is 9.86. The van der Waals surface area contributed by atoms with Gasteiger partial charge in [0.1, 0.15) is 0 Å². The van der Waals surface area contributed by atoms with Crippen molar-refractivity contribution in [1.82, 2.24) is 0 Å². The zero-order chi connectivity index (χ0) is 22.2. The summed E-state index contributed by atoms with van der Waals surface area (Å²) in [5.74, 6) is -2.54. The van der Waals surface area contributed by atoms with Gasteiger partial charge in [-0.1, -0.05) is 84.9 Å². The van der Waals surface area contributed by atoms with Crippen LogP contribution in [0.3, 0.4) is 0 Å². The molecule has 0 aliphatic rings. The third-order valence-corrected chi connectivity index (χ3v) is 5.78. The summed E-state index contributed by atoms with van der Waals surface area (Å²) in [7, 11) is 0. The molecule has 0 aliphatic carbocycles. The van der Waals surface area contributed by atoms with Gasteiger partial charge in [0, 0.05) is 0 Å². The van der Waals surface area contributed by atoms with E-state index in [4.69, 9.17) is 0 Å². The number of rotatable bonds is 4. The number of carbonyl (C=O) groups is 2. The zero-order valence-electron chi connectivity index (χ0n) is 16.9. The predicted molar refractivity (Wildman–Crippen MR) is 126 cm³/mol. The van der Waals surface area contributed by atoms with Crippen molar-refractivity contribution >= 4 is 33.5 Å². The van der Waals surface area contributed by atoms with Crippen LogP contribution in [0.1, 0.15) is 20.7 Å². The quantitative estimate of drug-likeness (QED) is 0.340. The van der Waals surface area contributed by atoms with Crippen molar-refractivity contribution in [3.8, 4) is 22.3 Å². The molecule has 0 heterocycles. The average molecular weight is 418 g/mol. The average Bonchev–Trinajstić information content (AvgIpc) is 2.82. The van der Waals surface area contributed by atoms with Gasteiger partial charge in [-0.05, 0) is 55.9 Å². The Morgan fingerprint density at radius 1 is 0.469 bits per heavy atom. The minimum atomic E-state index is -1.27. The predicted octanol–water partition coefficient (Wildman–Crippen LogP) is 6.72. The molecule has 32 heavy (non-hydrogen) atoms. The normalized spacial score (nSPS) is 11.0. The number of fused-ring (bicyclic) bond motifs is 2. The van der Waals surface area contributed by atoms with Crippen LogP contribution in [0.2, 0.25) is 0 Å². The number of hydrogen-bond acceptors (Lipinski definition) is 2. The molecule has 0 bridgehead atoms. The second-order valence-electron chi connectivity index (χ2n) is 7.61. The Hall–Kier alpha value is -4.44. The molecule has 0 aromatic heterocycles. The summed E-state index contributed by atoms with van der Waals surface area (Å²) >= 11 is 0. The van der Waals surface area contributed by atoms with Gasteiger partial charge in [-0.15, -0.1) is 0 Å². The highest BCUT2D eigenvalue weighted by molar-refractivity contribution is 6.10. The van der Waals surface area contributed by atoms with E-state index in [1.165, 1.54) is 12.1 Å². The van der Waals surface area contributed by atoms with Gasteiger partial charge in [0.2, 0.25) is 0 Å². The van der Waals surface area contributed by atoms with Crippen LogP contribution < -0.4 is 0 Å². The summed E-state index contributed by atoms with van der Waals surface area (Å²) < 4.78 is 0. The second-order valence-corrected chi connectivity index (χ2v) is 7.61. The van der Waals surface area contributed by atoms with Gasteiger partial charge < -0.3 is 10.2 Å². The van der Waals surface area contributed by atoms with E-state index in [1.807, 2.05) is 84.9 Å². The molecule has 5 rings (SSSR count). The molecule has 4 nitrogen and oxygen atoms in total. The fraction of sp³-hybridized carbons (Fsp3) is 0. The molecule has 154 valence electrons. The summed E-state index contributed by atoms with van der Waals surface area (Å²) in [6.45, 7) is 0. The summed E-state index contributed by atoms with van der Waals surface area (Å²) in [4.78, 5) is 23.9. The van der Waals surface area contributed by atoms with Crippen LogP contribution >= 0.6 is 0 Å². The molecule has 2 N–H and O–H groups in total. The Kier molecular flexibility index (Phi) is 4.68. The molecule has 0 fully saturated rings. The molecular formula is C28H18O4. The Bertz CT molecular complexity index is 1410. The van der Waals surface area contributed by atoms with E-state index >= 15 is 0 Å². The van der Waals surface area contributed by atoms with Gasteiger partial charge in [-0.2, -0.15) is 0 Å². The van der Waals surface area contributed by atoms with Crippen LogP contribution in [-0.2, 0) is 0 Å². The van der Waals surface area contributed by atoms with Crippen LogP contribution in [0.5, 0.6) is 0 Å². The monoisotopic (exact) mass is 418 g/mol. The van der Waals surface area contributed by atoms with Gasteiger partial charge in [0.15, 0.2) is 0 Å². The molecule has 0 spiro atoms. The Morgan fingerprint density at radius 2 is 0.844 bits per heavy atom. The van der Waals surface area contributed by atoms with E-state index in [0.29, 0.717) is 11.1 Å². The minimum Gasteiger partial charge on any atom is -0.478 e. The molecule has 0 radical (unpaired) electrons. The molecule has 0 saturated heterocycles. The lowest BCUT2D eigenvalue weighted by Crippen LogP contribution is -2.09. The number of carboxylic acid groups (broad SMARTS) is 2. The topological polar surface area (TPSA) is 74.6 Å². The maximum Gasteiger partial charge on any atom is 0.336 e. The lowest BCUT2D eigenvalue weighted by Gasteiger charge is -2.17. The van der Waals surface area contributed by atoms with Crippen LogP contribution in [0.15, 0.2) is 97.1 Å². The first-order valence-corrected chi connectivity index (χ1v) is 10.2. The van der Waals surface area contributed by atoms with E-state index in [-0.39, 0.29) is 11.1 Å². The summed E-state index contributed by atoms with van der Waals surface area (Å²) in [5.41, 5.74) is 2.60. The van der Waals surface area contributed by atoms with Crippen LogP contribution in [0.4, 0.5) is 0 Å². The fourth-order valence-corrected chi connectivity index (χ4v) is 4.32. The van der Waals surface area contributed by atoms with E-state index < -0.39 is 11.9 Å². The minimum absolute atomic E-state index is 0.232. The lowest BCUT2D eigenvalue weighted by molar-refractivity contribution is 0.0651. The zero-order valence-corrected chi connectivity index (χ0v) is 16.9. The number of benzene rings is 5. The standard InChI is InChI=1S/C28H18O4/c29-27(30)25-15-23(21-13-5-9-17-7-1-3-11-19(17)21)24(16-26(25)28(31)32)22-14-6-10-18-8-2-4-12-20(18)22/h1-16H,(H,29,30)(H,31,32). The maximum atomic E-state index is 12.0. The molecule has 4 heteroatoms. The smallest absolute Gasteiger partial charge is 0.336 e. The van der Waals surface area contributed by atoms with Crippen LogP contribution in [-0.4, -0.2) is 22.2 Å². The summed E-state index contributed by atoms with van der Waals surface area (Å²) in [5, 5.41) is 23.5. The van der Waals surface area contributed by atoms with E-state index in [2.05, 4.69) is 0 Å². The Morgan fingerprint density at radius 3 is 1.25 bits per heavy atom. The number of aromatic carboxylic acids is 2. The molecule has 0 amide bonds. The largest absolute Gasteiger partial charge is 0.478 e. The van der Waals surface area contributed by atoms with E-state index in [1.54, 1.807) is 0 Å². The van der Waals surface area contributed by atoms with Crippen molar-refractivity contribution in [2.75, 3.05) is 0 Å². The SMILES string of the molecule is O=C(O)c1cc(-c2cccc3ccccc23)c(-c2cccc3ccccc23)cc1C(=O)O. The van der Waals surface area contributed by atoms with Crippen molar-refractivity contribution < 1.29 is 19.8 Å². The highest BCUT2D eigenvalue weighted by atomic mass is 16.4. The van der Waals surface area contributed by atoms with Gasteiger partial charge in [0.05, 0.1) is 11.1 Å². The van der Waals surface area contributed by atoms with E-state index in [0.717, 1.165) is 32.7 Å². The number of carboxylic acids is 2. The fourth-order valence-electron chi connectivity index (χ4n) is 4.32. The van der Waals surface area contributed by atoms with Gasteiger partial charge >= 0.3 is 11.9 Å². The van der Waals surface area contributed by atoms with Crippen molar-refractivity contribution in [2.24, 2.45) is 0 Å². The molecule has 0 unspecified atom stereocenters. The highest BCUT2D eigenvalue weighted by Gasteiger charge is 2.22. The van der Waals surface area contributed by atoms with Crippen molar-refractivity contribution in [1.29, 1.82) is 0 Å². The Labute approximate surface area is 184 Å². The molecule has 0 atom stereocenters. The van der Waals surface area contributed by atoms with Crippen molar-refractivity contribution in [2.45, 2.75) is 0 Å². The van der Waals surface area contributed by atoms with Crippen molar-refractivity contribution in [3.63, 3.8) is 0 Å². The first-order valence-electron chi connectivity index (χ1n) is 10.2. The number of hydrogen-bond donors (Lipinski definition) is 2. The second kappa shape index (κ2) is 7.67. The third kappa shape index (κ3) is 3.19. The maximum absolute atomic E-state index is 12.0. The van der Waals surface area contributed by atoms with Gasteiger partial charge in [-0.3, -0.25) is 0 Å². The first kappa shape index (κ1) is 19.5. The molecule has 0 aliphatic heterocycles.